The van der Waals surface area contributed by atoms with Gasteiger partial charge in [-0.25, -0.2) is 8.42 Å². The van der Waals surface area contributed by atoms with Crippen LogP contribution < -0.4 is 9.62 Å². The number of nitrogens with one attached hydrogen (secondary N) is 1. The van der Waals surface area contributed by atoms with E-state index in [1.165, 1.54) is 43.1 Å². The second-order valence-corrected chi connectivity index (χ2v) is 11.1. The fourth-order valence-corrected chi connectivity index (χ4v) is 5.45. The summed E-state index contributed by atoms with van der Waals surface area (Å²) < 4.78 is 69.0. The summed E-state index contributed by atoms with van der Waals surface area (Å²) in [5.41, 5.74) is -0.234. The van der Waals surface area contributed by atoms with Crippen LogP contribution >= 0.6 is 11.6 Å². The van der Waals surface area contributed by atoms with Gasteiger partial charge in [0.15, 0.2) is 0 Å². The van der Waals surface area contributed by atoms with E-state index in [0.717, 1.165) is 17.7 Å². The number of amides is 2. The number of hydrogen-bond donors (Lipinski definition) is 1. The highest BCUT2D eigenvalue weighted by Crippen LogP contribution is 2.38. The summed E-state index contributed by atoms with van der Waals surface area (Å²) in [6, 6.07) is 16.0. The van der Waals surface area contributed by atoms with Crippen LogP contribution in [-0.4, -0.2) is 44.8 Å². The molecule has 0 saturated heterocycles. The molecule has 0 aliphatic carbocycles. The third-order valence-corrected chi connectivity index (χ3v) is 8.16. The van der Waals surface area contributed by atoms with Crippen LogP contribution in [0.25, 0.3) is 0 Å². The molecule has 1 N–H and O–H groups in total. The van der Waals surface area contributed by atoms with E-state index in [1.54, 1.807) is 37.3 Å². The Kier molecular flexibility index (Phi) is 9.29. The quantitative estimate of drug-likeness (QED) is 0.384. The number of hydrogen-bond acceptors (Lipinski definition) is 4. The average Bonchev–Trinajstić information content (AvgIpc) is 2.90. The first-order valence-electron chi connectivity index (χ1n) is 11.8. The van der Waals surface area contributed by atoms with Crippen molar-refractivity contribution in [1.29, 1.82) is 0 Å². The van der Waals surface area contributed by atoms with Crippen molar-refractivity contribution < 1.29 is 31.2 Å². The van der Waals surface area contributed by atoms with Crippen molar-refractivity contribution in [1.82, 2.24) is 10.2 Å². The van der Waals surface area contributed by atoms with Crippen LogP contribution in [-0.2, 0) is 32.3 Å². The van der Waals surface area contributed by atoms with Gasteiger partial charge in [0.05, 0.1) is 21.2 Å². The van der Waals surface area contributed by atoms with Crippen molar-refractivity contribution >= 4 is 39.1 Å². The molecule has 7 nitrogen and oxygen atoms in total. The van der Waals surface area contributed by atoms with E-state index in [1.807, 2.05) is 0 Å². The van der Waals surface area contributed by atoms with Crippen molar-refractivity contribution in [2.45, 2.75) is 37.5 Å². The molecule has 1 unspecified atom stereocenters. The summed E-state index contributed by atoms with van der Waals surface area (Å²) in [7, 11) is -3.13. The Hall–Kier alpha value is -3.57. The van der Waals surface area contributed by atoms with Gasteiger partial charge >= 0.3 is 6.18 Å². The van der Waals surface area contributed by atoms with Gasteiger partial charge in [0, 0.05) is 13.6 Å². The Morgan fingerprint density at radius 3 is 2.18 bits per heavy atom. The number of likely N-dealkylation sites (N-methyl/N-ethyl adjacent to an activating group) is 1. The minimum Gasteiger partial charge on any atom is -0.357 e. The summed E-state index contributed by atoms with van der Waals surface area (Å²) in [5.74, 6) is -1.30. The molecule has 0 aromatic heterocycles. The van der Waals surface area contributed by atoms with Gasteiger partial charge in [-0.15, -0.1) is 0 Å². The molecule has 3 aromatic carbocycles. The summed E-state index contributed by atoms with van der Waals surface area (Å²) in [5, 5.41) is 1.84. The first kappa shape index (κ1) is 30.0. The van der Waals surface area contributed by atoms with Crippen LogP contribution in [0.2, 0.25) is 5.02 Å². The molecule has 39 heavy (non-hydrogen) atoms. The molecule has 3 aromatic rings. The SMILES string of the molecule is CNC(=O)C(C)N(Cc1ccccc1)C(=O)CN(c1ccc(Cl)c(C(F)(F)F)c1)S(=O)(=O)c1ccc(C)cc1. The molecule has 2 amide bonds. The number of anilines is 1. The Balaban J connectivity index is 2.12. The predicted octanol–water partition coefficient (Wildman–Crippen LogP) is 5.03. The first-order valence-corrected chi connectivity index (χ1v) is 13.6. The summed E-state index contributed by atoms with van der Waals surface area (Å²) in [6.07, 6.45) is -4.87. The normalized spacial score (nSPS) is 12.5. The van der Waals surface area contributed by atoms with Gasteiger partial charge in [0.1, 0.15) is 12.6 Å². The lowest BCUT2D eigenvalue weighted by molar-refractivity contribution is -0.139. The zero-order valence-corrected chi connectivity index (χ0v) is 22.9. The topological polar surface area (TPSA) is 86.8 Å². The van der Waals surface area contributed by atoms with Crippen LogP contribution in [0, 0.1) is 6.92 Å². The van der Waals surface area contributed by atoms with Crippen molar-refractivity contribution in [2.75, 3.05) is 17.9 Å². The maximum absolute atomic E-state index is 13.7. The van der Waals surface area contributed by atoms with Gasteiger partial charge in [0.25, 0.3) is 10.0 Å². The Labute approximate surface area is 230 Å². The van der Waals surface area contributed by atoms with Crippen LogP contribution in [0.4, 0.5) is 18.9 Å². The lowest BCUT2D eigenvalue weighted by atomic mass is 10.1. The standard InChI is InChI=1S/C27H27ClF3N3O4S/c1-18-9-12-22(13-10-18)39(37,38)34(21-11-14-24(28)23(15-21)27(29,30)31)17-25(35)33(19(2)26(36)32-3)16-20-7-5-4-6-8-20/h4-15,19H,16-17H2,1-3H3,(H,32,36). The van der Waals surface area contributed by atoms with Gasteiger partial charge in [-0.1, -0.05) is 59.6 Å². The van der Waals surface area contributed by atoms with E-state index in [-0.39, 0.29) is 11.4 Å². The third-order valence-electron chi connectivity index (χ3n) is 6.04. The van der Waals surface area contributed by atoms with Gasteiger partial charge in [-0.2, -0.15) is 13.2 Å². The molecular formula is C27H27ClF3N3O4S. The van der Waals surface area contributed by atoms with Crippen LogP contribution in [0.3, 0.4) is 0 Å². The molecule has 208 valence electrons. The molecule has 12 heteroatoms. The third kappa shape index (κ3) is 7.10. The number of carbonyl (C=O) groups excluding carboxylic acids is 2. The Bertz CT molecular complexity index is 1430. The molecule has 1 atom stereocenters. The predicted molar refractivity (Wildman–Crippen MR) is 143 cm³/mol. The second kappa shape index (κ2) is 12.1. The number of aryl methyl sites for hydroxylation is 1. The van der Waals surface area contributed by atoms with E-state index in [9.17, 15) is 31.2 Å². The van der Waals surface area contributed by atoms with Crippen LogP contribution in [0.5, 0.6) is 0 Å². The molecule has 0 heterocycles. The number of halogens is 4. The molecule has 0 spiro atoms. The van der Waals surface area contributed by atoms with Crippen molar-refractivity contribution in [3.8, 4) is 0 Å². The van der Waals surface area contributed by atoms with Gasteiger partial charge in [0.2, 0.25) is 11.8 Å². The molecule has 0 radical (unpaired) electrons. The molecule has 0 saturated carbocycles. The largest absolute Gasteiger partial charge is 0.417 e. The highest BCUT2D eigenvalue weighted by molar-refractivity contribution is 7.92. The Morgan fingerprint density at radius 1 is 1.00 bits per heavy atom. The maximum atomic E-state index is 13.7. The highest BCUT2D eigenvalue weighted by atomic mass is 35.5. The van der Waals surface area contributed by atoms with E-state index in [0.29, 0.717) is 15.9 Å². The summed E-state index contributed by atoms with van der Waals surface area (Å²) in [6.45, 7) is 2.31. The second-order valence-electron chi connectivity index (χ2n) is 8.78. The lowest BCUT2D eigenvalue weighted by Gasteiger charge is -2.32. The fourth-order valence-electron chi connectivity index (χ4n) is 3.82. The zero-order chi connectivity index (χ0) is 29.0. The van der Waals surface area contributed by atoms with E-state index in [2.05, 4.69) is 5.32 Å². The number of rotatable bonds is 9. The average molecular weight is 582 g/mol. The molecule has 3 rings (SSSR count). The molecule has 0 aliphatic rings. The number of sulfonamides is 1. The van der Waals surface area contributed by atoms with Crippen LogP contribution in [0.1, 0.15) is 23.6 Å². The van der Waals surface area contributed by atoms with E-state index in [4.69, 9.17) is 11.6 Å². The van der Waals surface area contributed by atoms with Gasteiger partial charge in [-0.3, -0.25) is 13.9 Å². The van der Waals surface area contributed by atoms with Crippen LogP contribution in [0.15, 0.2) is 77.7 Å². The highest BCUT2D eigenvalue weighted by Gasteiger charge is 2.36. The van der Waals surface area contributed by atoms with E-state index < -0.39 is 56.9 Å². The van der Waals surface area contributed by atoms with Crippen molar-refractivity contribution in [3.05, 3.63) is 94.5 Å². The molecular weight excluding hydrogens is 555 g/mol. The smallest absolute Gasteiger partial charge is 0.357 e. The number of nitrogens with zero attached hydrogens (tertiary/aromatic N) is 2. The maximum Gasteiger partial charge on any atom is 0.417 e. The number of carbonyl (C=O) groups is 2. The zero-order valence-electron chi connectivity index (χ0n) is 21.4. The number of alkyl halides is 3. The van der Waals surface area contributed by atoms with E-state index >= 15 is 0 Å². The molecule has 0 aliphatic heterocycles. The Morgan fingerprint density at radius 2 is 1.62 bits per heavy atom. The van der Waals surface area contributed by atoms with Gasteiger partial charge < -0.3 is 10.2 Å². The number of benzene rings is 3. The minimum atomic E-state index is -4.87. The monoisotopic (exact) mass is 581 g/mol. The lowest BCUT2D eigenvalue weighted by Crippen LogP contribution is -2.50. The van der Waals surface area contributed by atoms with Gasteiger partial charge in [-0.05, 0) is 49.7 Å². The van der Waals surface area contributed by atoms with Crippen molar-refractivity contribution in [2.24, 2.45) is 0 Å². The van der Waals surface area contributed by atoms with Crippen molar-refractivity contribution in [3.63, 3.8) is 0 Å². The first-order chi connectivity index (χ1) is 18.3. The molecule has 0 bridgehead atoms. The minimum absolute atomic E-state index is 0.0406. The molecule has 0 fully saturated rings. The fraction of sp³-hybridized carbons (Fsp3) is 0.259. The summed E-state index contributed by atoms with van der Waals surface area (Å²) >= 11 is 5.77. The summed E-state index contributed by atoms with van der Waals surface area (Å²) in [4.78, 5) is 27.1.